The molecular weight excluding hydrogens is 138 g/mol. The summed E-state index contributed by atoms with van der Waals surface area (Å²) in [6, 6.07) is 0. The normalized spacial score (nSPS) is 34.4. The van der Waals surface area contributed by atoms with Gasteiger partial charge in [-0.05, 0) is 44.2 Å². The largest absolute Gasteiger partial charge is 0.381 e. The van der Waals surface area contributed by atoms with Crippen molar-refractivity contribution < 1.29 is 4.74 Å². The van der Waals surface area contributed by atoms with Crippen molar-refractivity contribution in [2.75, 3.05) is 26.3 Å². The first-order chi connectivity index (χ1) is 5.47. The topological polar surface area (TPSA) is 21.3 Å². The van der Waals surface area contributed by atoms with E-state index in [1.807, 2.05) is 0 Å². The minimum atomic E-state index is 0.886. The van der Waals surface area contributed by atoms with Crippen LogP contribution in [0.25, 0.3) is 0 Å². The highest BCUT2D eigenvalue weighted by Gasteiger charge is 2.26. The average Bonchev–Trinajstić information content (AvgIpc) is 2.58. The lowest BCUT2D eigenvalue weighted by molar-refractivity contribution is 0.162. The maximum Gasteiger partial charge on any atom is 0.0497 e. The lowest BCUT2D eigenvalue weighted by atomic mass is 9.84. The van der Waals surface area contributed by atoms with Gasteiger partial charge < -0.3 is 10.1 Å². The van der Waals surface area contributed by atoms with Gasteiger partial charge in [-0.1, -0.05) is 0 Å². The van der Waals surface area contributed by atoms with Gasteiger partial charge in [-0.3, -0.25) is 0 Å². The van der Waals surface area contributed by atoms with Crippen LogP contribution in [-0.4, -0.2) is 26.3 Å². The summed E-state index contributed by atoms with van der Waals surface area (Å²) in [6.45, 7) is 4.49. The Morgan fingerprint density at radius 1 is 1.00 bits per heavy atom. The van der Waals surface area contributed by atoms with Crippen LogP contribution in [-0.2, 0) is 4.74 Å². The molecule has 0 aromatic rings. The Kier molecular flexibility index (Phi) is 2.44. The zero-order valence-electron chi connectivity index (χ0n) is 7.01. The molecule has 11 heavy (non-hydrogen) atoms. The van der Waals surface area contributed by atoms with Gasteiger partial charge in [0, 0.05) is 13.2 Å². The molecule has 0 bridgehead atoms. The number of piperidine rings is 1. The molecule has 0 spiro atoms. The summed E-state index contributed by atoms with van der Waals surface area (Å²) in [5, 5.41) is 3.40. The summed E-state index contributed by atoms with van der Waals surface area (Å²) in [5.41, 5.74) is 0. The minimum absolute atomic E-state index is 0.886. The van der Waals surface area contributed by atoms with Crippen LogP contribution in [0.3, 0.4) is 0 Å². The van der Waals surface area contributed by atoms with E-state index >= 15 is 0 Å². The quantitative estimate of drug-likeness (QED) is 0.610. The fourth-order valence-corrected chi connectivity index (χ4v) is 2.24. The highest BCUT2D eigenvalue weighted by atomic mass is 16.5. The third-order valence-corrected chi connectivity index (χ3v) is 3.02. The zero-order chi connectivity index (χ0) is 7.52. The molecule has 0 aliphatic carbocycles. The van der Waals surface area contributed by atoms with Gasteiger partial charge in [-0.15, -0.1) is 0 Å². The Bertz CT molecular complexity index is 115. The number of hydrogen-bond acceptors (Lipinski definition) is 2. The van der Waals surface area contributed by atoms with Crippen molar-refractivity contribution in [3.63, 3.8) is 0 Å². The van der Waals surface area contributed by atoms with E-state index in [4.69, 9.17) is 4.74 Å². The van der Waals surface area contributed by atoms with Gasteiger partial charge >= 0.3 is 0 Å². The Morgan fingerprint density at radius 2 is 1.82 bits per heavy atom. The summed E-state index contributed by atoms with van der Waals surface area (Å²) in [6.07, 6.45) is 4.05. The van der Waals surface area contributed by atoms with Crippen molar-refractivity contribution in [2.24, 2.45) is 11.8 Å². The van der Waals surface area contributed by atoms with Crippen molar-refractivity contribution in [2.45, 2.75) is 19.3 Å². The SMILES string of the molecule is C1CC([C@H]2CCOC2)CCN1. The van der Waals surface area contributed by atoms with Crippen molar-refractivity contribution in [1.82, 2.24) is 5.32 Å². The van der Waals surface area contributed by atoms with Gasteiger partial charge in [0.15, 0.2) is 0 Å². The smallest absolute Gasteiger partial charge is 0.0497 e. The summed E-state index contributed by atoms with van der Waals surface area (Å²) in [7, 11) is 0. The van der Waals surface area contributed by atoms with Gasteiger partial charge in [0.2, 0.25) is 0 Å². The Labute approximate surface area is 68.3 Å². The van der Waals surface area contributed by atoms with E-state index < -0.39 is 0 Å². The summed E-state index contributed by atoms with van der Waals surface area (Å²) < 4.78 is 5.39. The minimum Gasteiger partial charge on any atom is -0.381 e. The van der Waals surface area contributed by atoms with Gasteiger partial charge in [-0.2, -0.15) is 0 Å². The van der Waals surface area contributed by atoms with Crippen molar-refractivity contribution >= 4 is 0 Å². The van der Waals surface area contributed by atoms with Crippen molar-refractivity contribution in [1.29, 1.82) is 0 Å². The molecule has 2 saturated heterocycles. The number of ether oxygens (including phenoxy) is 1. The van der Waals surface area contributed by atoms with E-state index in [1.165, 1.54) is 32.4 Å². The second kappa shape index (κ2) is 3.55. The molecule has 2 aliphatic rings. The molecule has 0 aromatic heterocycles. The molecule has 0 aromatic carbocycles. The van der Waals surface area contributed by atoms with Gasteiger partial charge in [0.1, 0.15) is 0 Å². The van der Waals surface area contributed by atoms with Crippen LogP contribution in [0.5, 0.6) is 0 Å². The third-order valence-electron chi connectivity index (χ3n) is 3.02. The molecule has 2 aliphatic heterocycles. The van der Waals surface area contributed by atoms with E-state index in [0.29, 0.717) is 0 Å². The predicted molar refractivity (Wildman–Crippen MR) is 44.5 cm³/mol. The highest BCUT2D eigenvalue weighted by molar-refractivity contribution is 4.77. The van der Waals surface area contributed by atoms with E-state index in [2.05, 4.69) is 5.32 Å². The van der Waals surface area contributed by atoms with Gasteiger partial charge in [-0.25, -0.2) is 0 Å². The van der Waals surface area contributed by atoms with Crippen LogP contribution in [0.4, 0.5) is 0 Å². The molecule has 2 heteroatoms. The first kappa shape index (κ1) is 7.56. The summed E-state index contributed by atoms with van der Waals surface area (Å²) >= 11 is 0. The monoisotopic (exact) mass is 155 g/mol. The standard InChI is InChI=1S/C9H17NO/c1-4-10-5-2-8(1)9-3-6-11-7-9/h8-10H,1-7H2/t9-/m0/s1. The zero-order valence-corrected chi connectivity index (χ0v) is 7.01. The van der Waals surface area contributed by atoms with E-state index in [1.54, 1.807) is 0 Å². The van der Waals surface area contributed by atoms with Crippen LogP contribution >= 0.6 is 0 Å². The van der Waals surface area contributed by atoms with Crippen LogP contribution in [0, 0.1) is 11.8 Å². The van der Waals surface area contributed by atoms with Crippen LogP contribution < -0.4 is 5.32 Å². The van der Waals surface area contributed by atoms with E-state index in [0.717, 1.165) is 25.0 Å². The van der Waals surface area contributed by atoms with Crippen molar-refractivity contribution in [3.8, 4) is 0 Å². The fourth-order valence-electron chi connectivity index (χ4n) is 2.24. The molecule has 2 rings (SSSR count). The molecule has 64 valence electrons. The van der Waals surface area contributed by atoms with Gasteiger partial charge in [0.25, 0.3) is 0 Å². The number of nitrogens with one attached hydrogen (secondary N) is 1. The summed E-state index contributed by atoms with van der Waals surface area (Å²) in [4.78, 5) is 0. The lowest BCUT2D eigenvalue weighted by Gasteiger charge is -2.26. The lowest BCUT2D eigenvalue weighted by Crippen LogP contribution is -2.31. The van der Waals surface area contributed by atoms with Crippen LogP contribution in [0.2, 0.25) is 0 Å². The molecule has 2 fully saturated rings. The fraction of sp³-hybridized carbons (Fsp3) is 1.00. The maximum atomic E-state index is 5.39. The summed E-state index contributed by atoms with van der Waals surface area (Å²) in [5.74, 6) is 1.84. The average molecular weight is 155 g/mol. The highest BCUT2D eigenvalue weighted by Crippen LogP contribution is 2.28. The van der Waals surface area contributed by atoms with Crippen molar-refractivity contribution in [3.05, 3.63) is 0 Å². The number of rotatable bonds is 1. The third kappa shape index (κ3) is 1.74. The number of hydrogen-bond donors (Lipinski definition) is 1. The molecular formula is C9H17NO. The molecule has 2 heterocycles. The molecule has 0 saturated carbocycles. The maximum absolute atomic E-state index is 5.39. The van der Waals surface area contributed by atoms with E-state index in [9.17, 15) is 0 Å². The Morgan fingerprint density at radius 3 is 2.45 bits per heavy atom. The van der Waals surface area contributed by atoms with Crippen LogP contribution in [0.15, 0.2) is 0 Å². The van der Waals surface area contributed by atoms with Gasteiger partial charge in [0.05, 0.1) is 0 Å². The Balaban J connectivity index is 1.82. The van der Waals surface area contributed by atoms with Crippen LogP contribution in [0.1, 0.15) is 19.3 Å². The second-order valence-electron chi connectivity index (χ2n) is 3.71. The molecule has 0 unspecified atom stereocenters. The van der Waals surface area contributed by atoms with E-state index in [-0.39, 0.29) is 0 Å². The second-order valence-corrected chi connectivity index (χ2v) is 3.71. The first-order valence-electron chi connectivity index (χ1n) is 4.75. The molecule has 0 amide bonds. The molecule has 1 atom stereocenters. The molecule has 1 N–H and O–H groups in total. The Hall–Kier alpha value is -0.0800. The molecule has 0 radical (unpaired) electrons. The predicted octanol–water partition coefficient (Wildman–Crippen LogP) is 1.02. The first-order valence-corrected chi connectivity index (χ1v) is 4.75. The molecule has 2 nitrogen and oxygen atoms in total.